The van der Waals surface area contributed by atoms with E-state index in [1.54, 1.807) is 0 Å². The molecule has 0 aliphatic heterocycles. The van der Waals surface area contributed by atoms with E-state index in [2.05, 4.69) is 5.32 Å². The summed E-state index contributed by atoms with van der Waals surface area (Å²) in [7, 11) is 0. The second-order valence-corrected chi connectivity index (χ2v) is 3.97. The molecule has 1 unspecified atom stereocenters. The molecule has 0 aliphatic carbocycles. The lowest BCUT2D eigenvalue weighted by molar-refractivity contribution is 0.264. The van der Waals surface area contributed by atoms with Crippen molar-refractivity contribution in [2.24, 2.45) is 0 Å². The van der Waals surface area contributed by atoms with Gasteiger partial charge in [-0.05, 0) is 26.3 Å². The zero-order valence-electron chi connectivity index (χ0n) is 9.50. The van der Waals surface area contributed by atoms with Crippen LogP contribution in [0.25, 0.3) is 0 Å². The van der Waals surface area contributed by atoms with E-state index in [0.29, 0.717) is 12.0 Å². The quantitative estimate of drug-likeness (QED) is 0.812. The Hall–Kier alpha value is -1.00. The van der Waals surface area contributed by atoms with Gasteiger partial charge in [0.05, 0.1) is 0 Å². The van der Waals surface area contributed by atoms with Gasteiger partial charge in [-0.2, -0.15) is 0 Å². The summed E-state index contributed by atoms with van der Waals surface area (Å²) in [4.78, 5) is 0. The third kappa shape index (κ3) is 3.54. The van der Waals surface area contributed by atoms with E-state index < -0.39 is 11.6 Å². The fourth-order valence-electron chi connectivity index (χ4n) is 1.65. The molecule has 0 aromatic heterocycles. The van der Waals surface area contributed by atoms with Gasteiger partial charge in [0.1, 0.15) is 11.6 Å². The van der Waals surface area contributed by atoms with Crippen LogP contribution in [-0.2, 0) is 0 Å². The fraction of sp³-hybridized carbons (Fsp3) is 0.500. The van der Waals surface area contributed by atoms with Crippen LogP contribution in [0, 0.1) is 11.6 Å². The van der Waals surface area contributed by atoms with Gasteiger partial charge in [-0.1, -0.05) is 6.07 Å². The van der Waals surface area contributed by atoms with Crippen molar-refractivity contribution in [2.75, 3.05) is 6.61 Å². The van der Waals surface area contributed by atoms with Gasteiger partial charge in [0, 0.05) is 30.3 Å². The van der Waals surface area contributed by atoms with E-state index in [9.17, 15) is 8.78 Å². The Kier molecular flexibility index (Phi) is 4.83. The zero-order valence-corrected chi connectivity index (χ0v) is 9.50. The summed E-state index contributed by atoms with van der Waals surface area (Å²) in [5.74, 6) is -1.12. The van der Waals surface area contributed by atoms with Crippen molar-refractivity contribution in [3.8, 4) is 0 Å². The highest BCUT2D eigenvalue weighted by atomic mass is 19.1. The Balaban J connectivity index is 2.69. The maximum atomic E-state index is 13.4. The highest BCUT2D eigenvalue weighted by Crippen LogP contribution is 2.18. The van der Waals surface area contributed by atoms with E-state index >= 15 is 0 Å². The van der Waals surface area contributed by atoms with Crippen LogP contribution in [0.4, 0.5) is 8.78 Å². The topological polar surface area (TPSA) is 32.3 Å². The molecule has 90 valence electrons. The third-order valence-electron chi connectivity index (χ3n) is 2.53. The summed E-state index contributed by atoms with van der Waals surface area (Å²) in [5.41, 5.74) is 0.436. The summed E-state index contributed by atoms with van der Waals surface area (Å²) in [6.07, 6.45) is 0.604. The Morgan fingerprint density at radius 1 is 1.31 bits per heavy atom. The minimum Gasteiger partial charge on any atom is -0.396 e. The molecule has 1 aromatic rings. The van der Waals surface area contributed by atoms with Crippen LogP contribution in [0.3, 0.4) is 0 Å². The van der Waals surface area contributed by atoms with Gasteiger partial charge >= 0.3 is 0 Å². The molecule has 4 heteroatoms. The Labute approximate surface area is 94.3 Å². The number of aliphatic hydroxyl groups is 1. The lowest BCUT2D eigenvalue weighted by atomic mass is 10.1. The van der Waals surface area contributed by atoms with Crippen molar-refractivity contribution in [1.29, 1.82) is 0 Å². The lowest BCUT2D eigenvalue weighted by Gasteiger charge is -2.20. The van der Waals surface area contributed by atoms with Gasteiger partial charge in [0.15, 0.2) is 0 Å². The van der Waals surface area contributed by atoms with Crippen LogP contribution in [0.5, 0.6) is 0 Å². The maximum absolute atomic E-state index is 13.4. The normalized spacial score (nSPS) is 14.8. The average molecular weight is 229 g/mol. The number of benzene rings is 1. The number of aliphatic hydroxyl groups excluding tert-OH is 1. The van der Waals surface area contributed by atoms with Gasteiger partial charge < -0.3 is 10.4 Å². The smallest absolute Gasteiger partial charge is 0.130 e. The highest BCUT2D eigenvalue weighted by molar-refractivity contribution is 5.21. The second-order valence-electron chi connectivity index (χ2n) is 3.97. The van der Waals surface area contributed by atoms with Crippen molar-refractivity contribution in [3.63, 3.8) is 0 Å². The first-order chi connectivity index (χ1) is 7.54. The van der Waals surface area contributed by atoms with E-state index in [1.165, 1.54) is 12.1 Å². The molecule has 0 saturated carbocycles. The minimum absolute atomic E-state index is 0.0875. The van der Waals surface area contributed by atoms with Gasteiger partial charge in [0.25, 0.3) is 0 Å². The van der Waals surface area contributed by atoms with Gasteiger partial charge in [-0.15, -0.1) is 0 Å². The predicted molar refractivity (Wildman–Crippen MR) is 59.1 cm³/mol. The molecular weight excluding hydrogens is 212 g/mol. The van der Waals surface area contributed by atoms with E-state index in [-0.39, 0.29) is 18.7 Å². The number of nitrogens with one attached hydrogen (secondary N) is 1. The van der Waals surface area contributed by atoms with Gasteiger partial charge in [-0.25, -0.2) is 8.78 Å². The van der Waals surface area contributed by atoms with Crippen LogP contribution in [0.15, 0.2) is 18.2 Å². The Morgan fingerprint density at radius 3 is 2.56 bits per heavy atom. The van der Waals surface area contributed by atoms with E-state index in [4.69, 9.17) is 5.11 Å². The van der Waals surface area contributed by atoms with Crippen molar-refractivity contribution in [2.45, 2.75) is 32.4 Å². The first kappa shape index (κ1) is 13.1. The molecular formula is C12H17F2NO. The van der Waals surface area contributed by atoms with Crippen LogP contribution >= 0.6 is 0 Å². The third-order valence-corrected chi connectivity index (χ3v) is 2.53. The first-order valence-corrected chi connectivity index (χ1v) is 5.36. The van der Waals surface area contributed by atoms with Gasteiger partial charge in [0.2, 0.25) is 0 Å². The van der Waals surface area contributed by atoms with Crippen LogP contribution in [0.2, 0.25) is 0 Å². The molecule has 0 radical (unpaired) electrons. The lowest BCUT2D eigenvalue weighted by Crippen LogP contribution is -2.30. The molecule has 0 amide bonds. The minimum atomic E-state index is -0.572. The average Bonchev–Trinajstić information content (AvgIpc) is 2.17. The zero-order chi connectivity index (χ0) is 12.1. The number of rotatable bonds is 5. The standard InChI is InChI=1S/C12H17F2NO/c1-8(5-6-16)15-9(2)11-4-3-10(13)7-12(11)14/h3-4,7-9,15-16H,5-6H2,1-2H3/t8-,9?/m1/s1. The Morgan fingerprint density at radius 2 is 2.00 bits per heavy atom. The molecule has 2 atom stereocenters. The predicted octanol–water partition coefficient (Wildman–Crippen LogP) is 2.39. The van der Waals surface area contributed by atoms with Crippen molar-refractivity contribution >= 4 is 0 Å². The molecule has 0 bridgehead atoms. The van der Waals surface area contributed by atoms with Crippen LogP contribution in [-0.4, -0.2) is 17.8 Å². The van der Waals surface area contributed by atoms with Crippen molar-refractivity contribution in [1.82, 2.24) is 5.32 Å². The van der Waals surface area contributed by atoms with Crippen LogP contribution < -0.4 is 5.32 Å². The van der Waals surface area contributed by atoms with Crippen molar-refractivity contribution in [3.05, 3.63) is 35.4 Å². The SMILES string of the molecule is CC(N[C@H](C)CCO)c1ccc(F)cc1F. The molecule has 0 saturated heterocycles. The molecule has 2 N–H and O–H groups in total. The van der Waals surface area contributed by atoms with Crippen molar-refractivity contribution < 1.29 is 13.9 Å². The number of hydrogen-bond donors (Lipinski definition) is 2. The molecule has 0 heterocycles. The molecule has 0 aliphatic rings. The second kappa shape index (κ2) is 5.92. The summed E-state index contributed by atoms with van der Waals surface area (Å²) in [5, 5.41) is 11.9. The Bertz CT molecular complexity index is 344. The monoisotopic (exact) mass is 229 g/mol. The molecule has 0 spiro atoms. The van der Waals surface area contributed by atoms with Crippen LogP contribution in [0.1, 0.15) is 31.9 Å². The molecule has 0 fully saturated rings. The number of halogens is 2. The summed E-state index contributed by atoms with van der Waals surface area (Å²) >= 11 is 0. The van der Waals surface area contributed by atoms with E-state index in [1.807, 2.05) is 13.8 Å². The van der Waals surface area contributed by atoms with E-state index in [0.717, 1.165) is 6.07 Å². The number of hydrogen-bond acceptors (Lipinski definition) is 2. The molecule has 1 aromatic carbocycles. The highest BCUT2D eigenvalue weighted by Gasteiger charge is 2.13. The maximum Gasteiger partial charge on any atom is 0.130 e. The summed E-state index contributed by atoms with van der Waals surface area (Å²) in [6, 6.07) is 3.44. The molecule has 1 rings (SSSR count). The molecule has 16 heavy (non-hydrogen) atoms. The summed E-state index contributed by atoms with van der Waals surface area (Å²) in [6.45, 7) is 3.81. The first-order valence-electron chi connectivity index (χ1n) is 5.36. The largest absolute Gasteiger partial charge is 0.396 e. The van der Waals surface area contributed by atoms with Gasteiger partial charge in [-0.3, -0.25) is 0 Å². The fourth-order valence-corrected chi connectivity index (χ4v) is 1.65. The summed E-state index contributed by atoms with van der Waals surface area (Å²) < 4.78 is 26.1. The molecule has 2 nitrogen and oxygen atoms in total.